The lowest BCUT2D eigenvalue weighted by atomic mass is 10.2. The number of nitriles is 1. The zero-order valence-electron chi connectivity index (χ0n) is 10.7. The highest BCUT2D eigenvalue weighted by Crippen LogP contribution is 2.19. The molecule has 0 aliphatic rings. The van der Waals surface area contributed by atoms with Crippen molar-refractivity contribution >= 4 is 15.7 Å². The summed E-state index contributed by atoms with van der Waals surface area (Å²) >= 11 is 0. The van der Waals surface area contributed by atoms with Crippen LogP contribution in [0.3, 0.4) is 0 Å². The first kappa shape index (κ1) is 16.0. The molecule has 1 aromatic carbocycles. The van der Waals surface area contributed by atoms with Crippen molar-refractivity contribution in [3.8, 4) is 17.9 Å². The molecule has 0 aliphatic heterocycles. The number of benzene rings is 1. The predicted molar refractivity (Wildman–Crippen MR) is 72.6 cm³/mol. The number of hydrogen-bond donors (Lipinski definition) is 2. The van der Waals surface area contributed by atoms with Gasteiger partial charge in [0.25, 0.3) is 0 Å². The number of halogens is 1. The third kappa shape index (κ3) is 3.95. The summed E-state index contributed by atoms with van der Waals surface area (Å²) in [5, 5.41) is 16.2. The van der Waals surface area contributed by atoms with Gasteiger partial charge in [-0.25, -0.2) is 12.8 Å². The maximum atomic E-state index is 13.1. The number of nitrogens with zero attached hydrogens (tertiary/aromatic N) is 1. The third-order valence-corrected chi connectivity index (χ3v) is 4.12. The van der Waals surface area contributed by atoms with Gasteiger partial charge < -0.3 is 5.11 Å². The van der Waals surface area contributed by atoms with Gasteiger partial charge in [-0.15, -0.1) is 0 Å². The first-order valence-corrected chi connectivity index (χ1v) is 7.29. The molecular formula is C13H13FN2O3S. The minimum absolute atomic E-state index is 0.0704. The molecule has 0 heterocycles. The van der Waals surface area contributed by atoms with Crippen molar-refractivity contribution in [3.05, 3.63) is 29.6 Å². The van der Waals surface area contributed by atoms with E-state index in [0.29, 0.717) is 0 Å². The molecule has 0 saturated carbocycles. The van der Waals surface area contributed by atoms with Crippen molar-refractivity contribution in [2.24, 2.45) is 0 Å². The Bertz CT molecular complexity index is 684. The zero-order valence-corrected chi connectivity index (χ0v) is 11.5. The van der Waals surface area contributed by atoms with Crippen LogP contribution in [0.1, 0.15) is 18.9 Å². The van der Waals surface area contributed by atoms with Gasteiger partial charge in [0.2, 0.25) is 10.0 Å². The summed E-state index contributed by atoms with van der Waals surface area (Å²) in [6.45, 7) is 1.14. The molecule has 106 valence electrons. The fourth-order valence-electron chi connectivity index (χ4n) is 1.45. The van der Waals surface area contributed by atoms with Crippen LogP contribution in [0, 0.1) is 29.0 Å². The second kappa shape index (κ2) is 6.90. The van der Waals surface area contributed by atoms with Gasteiger partial charge >= 0.3 is 0 Å². The van der Waals surface area contributed by atoms with E-state index in [1.165, 1.54) is 6.07 Å². The van der Waals surface area contributed by atoms with Crippen LogP contribution in [-0.2, 0) is 10.0 Å². The van der Waals surface area contributed by atoms with E-state index in [-0.39, 0.29) is 17.7 Å². The Morgan fingerprint density at radius 3 is 2.75 bits per heavy atom. The monoisotopic (exact) mass is 296 g/mol. The number of nitrogens with one attached hydrogen (secondary N) is 1. The zero-order chi connectivity index (χ0) is 15.2. The van der Waals surface area contributed by atoms with Gasteiger partial charge in [0.05, 0.1) is 17.3 Å². The quantitative estimate of drug-likeness (QED) is 0.817. The summed E-state index contributed by atoms with van der Waals surface area (Å²) in [5.74, 6) is 4.18. The van der Waals surface area contributed by atoms with Crippen molar-refractivity contribution < 1.29 is 17.9 Å². The van der Waals surface area contributed by atoms with Crippen molar-refractivity contribution in [2.45, 2.75) is 18.6 Å². The molecule has 0 amide bonds. The number of anilines is 1. The van der Waals surface area contributed by atoms with Crippen LogP contribution in [0.5, 0.6) is 0 Å². The Morgan fingerprint density at radius 2 is 2.20 bits per heavy atom. The van der Waals surface area contributed by atoms with E-state index < -0.39 is 27.7 Å². The Hall–Kier alpha value is -2.09. The summed E-state index contributed by atoms with van der Waals surface area (Å²) in [6.07, 6.45) is 0.130. The predicted octanol–water partition coefficient (Wildman–Crippen LogP) is 1.21. The first-order valence-electron chi connectivity index (χ1n) is 5.75. The van der Waals surface area contributed by atoms with Gasteiger partial charge in [-0.05, 0) is 24.6 Å². The number of rotatable bonds is 4. The summed E-state index contributed by atoms with van der Waals surface area (Å²) in [5.41, 5.74) is 0.163. The maximum Gasteiger partial charge on any atom is 0.249 e. The highest BCUT2D eigenvalue weighted by molar-refractivity contribution is 7.93. The van der Waals surface area contributed by atoms with E-state index >= 15 is 0 Å². The molecule has 0 radical (unpaired) electrons. The molecule has 0 aromatic heterocycles. The SMILES string of the molecule is CCC(C#N)S(=O)(=O)Nc1ccc(F)cc1C#CCO. The van der Waals surface area contributed by atoms with Crippen LogP contribution >= 0.6 is 0 Å². The van der Waals surface area contributed by atoms with Crippen LogP contribution in [-0.4, -0.2) is 25.4 Å². The summed E-state index contributed by atoms with van der Waals surface area (Å²) in [6, 6.07) is 5.03. The molecule has 20 heavy (non-hydrogen) atoms. The summed E-state index contributed by atoms with van der Waals surface area (Å²) < 4.78 is 39.3. The summed E-state index contributed by atoms with van der Waals surface area (Å²) in [4.78, 5) is 0. The molecule has 0 bridgehead atoms. The van der Waals surface area contributed by atoms with Gasteiger partial charge in [0.15, 0.2) is 5.25 Å². The average molecular weight is 296 g/mol. The molecule has 0 saturated heterocycles. The molecule has 0 fully saturated rings. The van der Waals surface area contributed by atoms with Gasteiger partial charge in [0, 0.05) is 0 Å². The second-order valence-electron chi connectivity index (χ2n) is 3.82. The molecule has 0 aliphatic carbocycles. The van der Waals surface area contributed by atoms with Crippen LogP contribution in [0.2, 0.25) is 0 Å². The van der Waals surface area contributed by atoms with Crippen LogP contribution in [0.15, 0.2) is 18.2 Å². The molecule has 1 atom stereocenters. The highest BCUT2D eigenvalue weighted by Gasteiger charge is 2.24. The van der Waals surface area contributed by atoms with Gasteiger partial charge in [-0.3, -0.25) is 4.72 Å². The van der Waals surface area contributed by atoms with Crippen LogP contribution in [0.4, 0.5) is 10.1 Å². The number of sulfonamides is 1. The molecule has 2 N–H and O–H groups in total. The van der Waals surface area contributed by atoms with Crippen molar-refractivity contribution in [1.82, 2.24) is 0 Å². The first-order chi connectivity index (χ1) is 9.44. The normalized spacial score (nSPS) is 11.9. The van der Waals surface area contributed by atoms with Crippen molar-refractivity contribution in [1.29, 1.82) is 5.26 Å². The van der Waals surface area contributed by atoms with E-state index in [9.17, 15) is 12.8 Å². The van der Waals surface area contributed by atoms with E-state index in [4.69, 9.17) is 10.4 Å². The smallest absolute Gasteiger partial charge is 0.249 e. The molecule has 1 aromatic rings. The van der Waals surface area contributed by atoms with Crippen LogP contribution < -0.4 is 4.72 Å². The highest BCUT2D eigenvalue weighted by atomic mass is 32.2. The minimum atomic E-state index is -3.90. The molecule has 5 nitrogen and oxygen atoms in total. The van der Waals surface area contributed by atoms with Crippen LogP contribution in [0.25, 0.3) is 0 Å². The van der Waals surface area contributed by atoms with Gasteiger partial charge in [0.1, 0.15) is 12.4 Å². The fourth-order valence-corrected chi connectivity index (χ4v) is 2.65. The molecule has 7 heteroatoms. The lowest BCUT2D eigenvalue weighted by Gasteiger charge is -2.12. The van der Waals surface area contributed by atoms with E-state index in [2.05, 4.69) is 16.6 Å². The Kier molecular flexibility index (Phi) is 5.51. The molecular weight excluding hydrogens is 283 g/mol. The Balaban J connectivity index is 3.19. The van der Waals surface area contributed by atoms with Crippen molar-refractivity contribution in [3.63, 3.8) is 0 Å². The van der Waals surface area contributed by atoms with E-state index in [1.54, 1.807) is 13.0 Å². The minimum Gasteiger partial charge on any atom is -0.384 e. The number of hydrogen-bond acceptors (Lipinski definition) is 4. The average Bonchev–Trinajstić information content (AvgIpc) is 2.39. The number of aliphatic hydroxyl groups excluding tert-OH is 1. The topological polar surface area (TPSA) is 90.2 Å². The Morgan fingerprint density at radius 1 is 1.50 bits per heavy atom. The van der Waals surface area contributed by atoms with E-state index in [1.807, 2.05) is 0 Å². The lowest BCUT2D eigenvalue weighted by molar-refractivity contribution is 0.350. The summed E-state index contributed by atoms with van der Waals surface area (Å²) in [7, 11) is -3.90. The molecule has 1 unspecified atom stereocenters. The third-order valence-electron chi connectivity index (χ3n) is 2.43. The fraction of sp³-hybridized carbons (Fsp3) is 0.308. The standard InChI is InChI=1S/C13H13FN2O3S/c1-2-12(9-15)20(18,19)16-13-6-5-11(14)8-10(13)4-3-7-17/h5-6,8,12,16-17H,2,7H2,1H3. The molecule has 1 rings (SSSR count). The lowest BCUT2D eigenvalue weighted by Crippen LogP contribution is -2.26. The second-order valence-corrected chi connectivity index (χ2v) is 5.69. The Labute approximate surface area is 117 Å². The molecule has 0 spiro atoms. The largest absolute Gasteiger partial charge is 0.384 e. The number of aliphatic hydroxyl groups is 1. The maximum absolute atomic E-state index is 13.1. The van der Waals surface area contributed by atoms with Gasteiger partial charge in [-0.2, -0.15) is 5.26 Å². The van der Waals surface area contributed by atoms with Gasteiger partial charge in [-0.1, -0.05) is 18.8 Å². The van der Waals surface area contributed by atoms with E-state index in [0.717, 1.165) is 12.1 Å². The van der Waals surface area contributed by atoms with Crippen molar-refractivity contribution in [2.75, 3.05) is 11.3 Å².